The van der Waals surface area contributed by atoms with Gasteiger partial charge in [0.05, 0.1) is 19.5 Å². The van der Waals surface area contributed by atoms with Gasteiger partial charge in [0.25, 0.3) is 0 Å². The molecule has 0 radical (unpaired) electrons. The Morgan fingerprint density at radius 3 is 2.68 bits per heavy atom. The van der Waals surface area contributed by atoms with Crippen LogP contribution in [0.1, 0.15) is 44.5 Å². The second-order valence-corrected chi connectivity index (χ2v) is 8.56. The van der Waals surface area contributed by atoms with Crippen LogP contribution in [0.5, 0.6) is 0 Å². The number of nitrogens with zero attached hydrogens (tertiary/aromatic N) is 5. The zero-order chi connectivity index (χ0) is 26.9. The van der Waals surface area contributed by atoms with Crippen molar-refractivity contribution in [1.82, 2.24) is 41.6 Å². The maximum Gasteiger partial charge on any atom is 0.303 e. The molecule has 0 saturated carbocycles. The molecule has 5 N–H and O–H groups in total. The second kappa shape index (κ2) is 12.5. The fourth-order valence-electron chi connectivity index (χ4n) is 3.82. The molecule has 0 fully saturated rings. The summed E-state index contributed by atoms with van der Waals surface area (Å²) in [7, 11) is 0. The summed E-state index contributed by atoms with van der Waals surface area (Å²) >= 11 is 0. The van der Waals surface area contributed by atoms with E-state index in [-0.39, 0.29) is 37.5 Å². The normalized spacial score (nSPS) is 15.8. The van der Waals surface area contributed by atoms with Crippen LogP contribution < -0.4 is 20.9 Å². The lowest BCUT2D eigenvalue weighted by Crippen LogP contribution is -2.54. The highest BCUT2D eigenvalue weighted by atomic mass is 16.4. The smallest absolute Gasteiger partial charge is 0.303 e. The summed E-state index contributed by atoms with van der Waals surface area (Å²) < 4.78 is 0. The predicted octanol–water partition coefficient (Wildman–Crippen LogP) is -1.32. The van der Waals surface area contributed by atoms with E-state index in [1.165, 1.54) is 11.1 Å². The highest BCUT2D eigenvalue weighted by Gasteiger charge is 2.39. The Morgan fingerprint density at radius 2 is 2.00 bits per heavy atom. The lowest BCUT2D eigenvalue weighted by molar-refractivity contribution is -0.139. The minimum Gasteiger partial charge on any atom is -0.481 e. The van der Waals surface area contributed by atoms with Crippen LogP contribution in [-0.4, -0.2) is 78.9 Å². The van der Waals surface area contributed by atoms with Gasteiger partial charge in [-0.3, -0.25) is 28.9 Å². The van der Waals surface area contributed by atoms with E-state index in [2.05, 4.69) is 41.6 Å². The van der Waals surface area contributed by atoms with Gasteiger partial charge in [-0.25, -0.2) is 4.98 Å². The number of aromatic amines is 1. The summed E-state index contributed by atoms with van der Waals surface area (Å²) in [5.74, 6) is -3.00. The van der Waals surface area contributed by atoms with Gasteiger partial charge in [0.15, 0.2) is 5.82 Å². The topological polar surface area (TPSA) is 212 Å². The third-order valence-corrected chi connectivity index (χ3v) is 5.99. The number of fused-ring (bicyclic) bond motifs is 1. The van der Waals surface area contributed by atoms with Crippen molar-refractivity contribution in [3.05, 3.63) is 29.7 Å². The predicted molar refractivity (Wildman–Crippen MR) is 127 cm³/mol. The molecule has 2 aromatic heterocycles. The number of carbonyl (C=O) groups excluding carboxylic acids is 4. The number of pyridine rings is 1. The van der Waals surface area contributed by atoms with Gasteiger partial charge in [-0.2, -0.15) is 5.21 Å². The minimum atomic E-state index is -1.12. The van der Waals surface area contributed by atoms with E-state index in [1.54, 1.807) is 19.1 Å². The molecule has 3 rings (SSSR count). The van der Waals surface area contributed by atoms with E-state index in [4.69, 9.17) is 5.11 Å². The molecule has 37 heavy (non-hydrogen) atoms. The number of tetrazole rings is 1. The summed E-state index contributed by atoms with van der Waals surface area (Å²) in [6.45, 7) is 3.16. The number of anilines is 1. The molecule has 0 bridgehead atoms. The van der Waals surface area contributed by atoms with Crippen molar-refractivity contribution in [1.29, 1.82) is 0 Å². The van der Waals surface area contributed by atoms with Gasteiger partial charge in [0.1, 0.15) is 17.9 Å². The molecular weight excluding hydrogens is 486 g/mol. The molecule has 198 valence electrons. The monoisotopic (exact) mass is 515 g/mol. The number of aromatic nitrogens is 5. The molecule has 0 spiro atoms. The zero-order valence-corrected chi connectivity index (χ0v) is 20.4. The number of nitrogens with one attached hydrogen (secondary N) is 4. The standard InChI is InChI=1S/C22H29N9O6/c1-3-12(2)19(26-16(32)6-7-18(34)35)22(37)25-11-17(33)31-14(9-13-5-4-8-23-20(13)31)21(36)24-10-15-27-29-30-28-15/h4-5,8,12,14,19H,3,6-7,9-11H2,1-2H3,(H,24,36)(H,25,37)(H,26,32)(H,34,35)(H,27,28,29,30)/t12?,14-,19?/m0/s1. The first-order valence-electron chi connectivity index (χ1n) is 11.8. The molecule has 3 atom stereocenters. The molecule has 4 amide bonds. The van der Waals surface area contributed by atoms with Gasteiger partial charge in [-0.05, 0) is 17.5 Å². The van der Waals surface area contributed by atoms with E-state index in [9.17, 15) is 24.0 Å². The zero-order valence-electron chi connectivity index (χ0n) is 20.4. The summed E-state index contributed by atoms with van der Waals surface area (Å²) in [6, 6.07) is 1.60. The number of H-pyrrole nitrogens is 1. The number of carboxylic acid groups (broad SMARTS) is 1. The Kier molecular flexibility index (Phi) is 9.18. The molecule has 1 aliphatic rings. The van der Waals surface area contributed by atoms with Crippen LogP contribution in [0.25, 0.3) is 0 Å². The van der Waals surface area contributed by atoms with Crippen molar-refractivity contribution in [3.8, 4) is 0 Å². The van der Waals surface area contributed by atoms with Gasteiger partial charge in [0, 0.05) is 19.0 Å². The highest BCUT2D eigenvalue weighted by molar-refractivity contribution is 6.04. The highest BCUT2D eigenvalue weighted by Crippen LogP contribution is 2.30. The lowest BCUT2D eigenvalue weighted by atomic mass is 9.98. The lowest BCUT2D eigenvalue weighted by Gasteiger charge is -2.26. The third kappa shape index (κ3) is 7.05. The summed E-state index contributed by atoms with van der Waals surface area (Å²) in [4.78, 5) is 67.4. The maximum atomic E-state index is 13.2. The van der Waals surface area contributed by atoms with Crippen LogP contribution in [0.4, 0.5) is 5.82 Å². The van der Waals surface area contributed by atoms with Crippen LogP contribution in [0.3, 0.4) is 0 Å². The van der Waals surface area contributed by atoms with E-state index in [0.717, 1.165) is 0 Å². The molecule has 1 aliphatic heterocycles. The van der Waals surface area contributed by atoms with Gasteiger partial charge >= 0.3 is 5.97 Å². The SMILES string of the molecule is CCC(C)C(NC(=O)CCC(=O)O)C(=O)NCC(=O)N1c2ncccc2C[C@H]1C(=O)NCc1nn[nH]n1. The number of rotatable bonds is 12. The van der Waals surface area contributed by atoms with Crippen LogP contribution in [0.15, 0.2) is 18.3 Å². The largest absolute Gasteiger partial charge is 0.481 e. The summed E-state index contributed by atoms with van der Waals surface area (Å²) in [5, 5.41) is 29.8. The van der Waals surface area contributed by atoms with Crippen molar-refractivity contribution in [2.24, 2.45) is 5.92 Å². The van der Waals surface area contributed by atoms with E-state index < -0.39 is 48.2 Å². The molecule has 2 unspecified atom stereocenters. The van der Waals surface area contributed by atoms with Crippen molar-refractivity contribution in [2.75, 3.05) is 11.4 Å². The number of carbonyl (C=O) groups is 5. The van der Waals surface area contributed by atoms with Gasteiger partial charge in [0.2, 0.25) is 23.6 Å². The first-order chi connectivity index (χ1) is 17.7. The van der Waals surface area contributed by atoms with Crippen LogP contribution in [0.2, 0.25) is 0 Å². The van der Waals surface area contributed by atoms with Crippen LogP contribution >= 0.6 is 0 Å². The summed E-state index contributed by atoms with van der Waals surface area (Å²) in [5.41, 5.74) is 0.699. The van der Waals surface area contributed by atoms with Gasteiger partial charge in [-0.15, -0.1) is 10.2 Å². The fraction of sp³-hybridized carbons (Fsp3) is 0.500. The van der Waals surface area contributed by atoms with Gasteiger partial charge < -0.3 is 21.1 Å². The maximum absolute atomic E-state index is 13.2. The van der Waals surface area contributed by atoms with Crippen molar-refractivity contribution in [2.45, 2.75) is 58.2 Å². The number of hydrogen-bond donors (Lipinski definition) is 5. The second-order valence-electron chi connectivity index (χ2n) is 8.56. The van der Waals surface area contributed by atoms with E-state index in [0.29, 0.717) is 17.8 Å². The Labute approximate surface area is 211 Å². The third-order valence-electron chi connectivity index (χ3n) is 5.99. The van der Waals surface area contributed by atoms with Crippen LogP contribution in [0, 0.1) is 5.92 Å². The Balaban J connectivity index is 1.67. The van der Waals surface area contributed by atoms with Gasteiger partial charge in [-0.1, -0.05) is 31.5 Å². The number of amides is 4. The van der Waals surface area contributed by atoms with E-state index >= 15 is 0 Å². The van der Waals surface area contributed by atoms with E-state index in [1.807, 2.05) is 6.92 Å². The average molecular weight is 516 g/mol. The molecular formula is C22H29N9O6. The number of hydrogen-bond acceptors (Lipinski definition) is 9. The molecule has 3 heterocycles. The van der Waals surface area contributed by atoms with Crippen LogP contribution in [-0.2, 0) is 36.9 Å². The molecule has 15 heteroatoms. The molecule has 2 aromatic rings. The quantitative estimate of drug-likeness (QED) is 0.225. The fourth-order valence-corrected chi connectivity index (χ4v) is 3.82. The number of carboxylic acids is 1. The van der Waals surface area contributed by atoms with Crippen molar-refractivity contribution < 1.29 is 29.1 Å². The summed E-state index contributed by atoms with van der Waals surface area (Å²) in [6.07, 6.45) is 1.65. The number of aliphatic carboxylic acids is 1. The Hall–Kier alpha value is -4.43. The molecule has 0 aromatic carbocycles. The Bertz CT molecular complexity index is 1140. The molecule has 0 aliphatic carbocycles. The van der Waals surface area contributed by atoms with Crippen molar-refractivity contribution >= 4 is 35.4 Å². The first kappa shape index (κ1) is 27.2. The molecule has 0 saturated heterocycles. The Morgan fingerprint density at radius 1 is 1.22 bits per heavy atom. The van der Waals surface area contributed by atoms with Crippen molar-refractivity contribution in [3.63, 3.8) is 0 Å². The molecule has 15 nitrogen and oxygen atoms in total. The average Bonchev–Trinajstić information content (AvgIpc) is 3.55. The first-order valence-corrected chi connectivity index (χ1v) is 11.8. The minimum absolute atomic E-state index is 0.00648.